The summed E-state index contributed by atoms with van der Waals surface area (Å²) in [4.78, 5) is 0.311. The van der Waals surface area contributed by atoms with E-state index in [4.69, 9.17) is 6.42 Å². The van der Waals surface area contributed by atoms with Crippen molar-refractivity contribution < 1.29 is 8.42 Å². The van der Waals surface area contributed by atoms with Gasteiger partial charge in [0.25, 0.3) is 0 Å². The third-order valence-corrected chi connectivity index (χ3v) is 4.28. The van der Waals surface area contributed by atoms with Crippen LogP contribution in [0.25, 0.3) is 0 Å². The van der Waals surface area contributed by atoms with Gasteiger partial charge in [-0.05, 0) is 19.1 Å². The van der Waals surface area contributed by atoms with Gasteiger partial charge in [0.15, 0.2) is 0 Å². The number of benzene rings is 1. The van der Waals surface area contributed by atoms with Crippen molar-refractivity contribution in [1.29, 1.82) is 0 Å². The molecule has 0 saturated carbocycles. The lowest BCUT2D eigenvalue weighted by molar-refractivity contribution is 0.559. The molecule has 15 heavy (non-hydrogen) atoms. The summed E-state index contributed by atoms with van der Waals surface area (Å²) in [6, 6.07) is 6.52. The number of sulfonamides is 1. The molecule has 2 atom stereocenters. The van der Waals surface area contributed by atoms with Crippen LogP contribution in [-0.4, -0.2) is 25.3 Å². The molecule has 78 valence electrons. The first-order chi connectivity index (χ1) is 7.05. The van der Waals surface area contributed by atoms with Crippen LogP contribution in [0.4, 0.5) is 0 Å². The fourth-order valence-electron chi connectivity index (χ4n) is 1.37. The topological polar surface area (TPSA) is 37.1 Å². The zero-order valence-corrected chi connectivity index (χ0v) is 9.16. The van der Waals surface area contributed by atoms with Crippen LogP contribution < -0.4 is 0 Å². The van der Waals surface area contributed by atoms with Crippen molar-refractivity contribution in [3.8, 4) is 12.3 Å². The molecule has 2 rings (SSSR count). The van der Waals surface area contributed by atoms with E-state index in [1.807, 2.05) is 6.92 Å². The second kappa shape index (κ2) is 3.37. The van der Waals surface area contributed by atoms with E-state index in [1.54, 1.807) is 24.3 Å². The Morgan fingerprint density at radius 3 is 2.47 bits per heavy atom. The molecule has 0 aliphatic carbocycles. The number of hydrogen-bond acceptors (Lipinski definition) is 2. The number of rotatable bonds is 2. The number of nitrogens with zero attached hydrogens (tertiary/aromatic N) is 1. The minimum Gasteiger partial charge on any atom is -0.207 e. The summed E-state index contributed by atoms with van der Waals surface area (Å²) in [6.07, 6.45) is 5.17. The number of hydrogen-bond donors (Lipinski definition) is 0. The molecule has 1 heterocycles. The van der Waals surface area contributed by atoms with E-state index in [2.05, 4.69) is 5.92 Å². The van der Waals surface area contributed by atoms with E-state index in [0.717, 1.165) is 5.56 Å². The SMILES string of the molecule is C#C[C@@H]1CN1S(=O)(=O)c1ccc(C)cc1. The van der Waals surface area contributed by atoms with Gasteiger partial charge in [0.05, 0.1) is 10.9 Å². The highest BCUT2D eigenvalue weighted by atomic mass is 32.2. The van der Waals surface area contributed by atoms with Crippen LogP contribution in [-0.2, 0) is 10.0 Å². The Balaban J connectivity index is 2.32. The van der Waals surface area contributed by atoms with Crippen molar-refractivity contribution in [3.05, 3.63) is 29.8 Å². The van der Waals surface area contributed by atoms with Gasteiger partial charge in [-0.2, -0.15) is 4.31 Å². The molecule has 0 spiro atoms. The van der Waals surface area contributed by atoms with E-state index in [9.17, 15) is 8.42 Å². The molecule has 1 saturated heterocycles. The molecule has 0 aromatic heterocycles. The van der Waals surface area contributed by atoms with Gasteiger partial charge in [0.2, 0.25) is 10.0 Å². The van der Waals surface area contributed by atoms with Crippen LogP contribution in [0.5, 0.6) is 0 Å². The van der Waals surface area contributed by atoms with E-state index in [-0.39, 0.29) is 6.04 Å². The van der Waals surface area contributed by atoms with Crippen LogP contribution >= 0.6 is 0 Å². The molecule has 0 radical (unpaired) electrons. The van der Waals surface area contributed by atoms with Crippen LogP contribution in [0.1, 0.15) is 5.56 Å². The standard InChI is InChI=1S/C11H11NO2S/c1-3-10-8-12(10)15(13,14)11-6-4-9(2)5-7-11/h1,4-7,10H,8H2,2H3/t10-,12?/m1/s1. The summed E-state index contributed by atoms with van der Waals surface area (Å²) in [6.45, 7) is 2.35. The Morgan fingerprint density at radius 2 is 2.00 bits per heavy atom. The molecule has 1 aromatic rings. The summed E-state index contributed by atoms with van der Waals surface area (Å²) < 4.78 is 25.1. The number of aryl methyl sites for hydroxylation is 1. The Bertz CT molecular complexity index is 511. The maximum Gasteiger partial charge on any atom is 0.244 e. The Kier molecular flexibility index (Phi) is 2.29. The predicted molar refractivity (Wildman–Crippen MR) is 57.7 cm³/mol. The monoisotopic (exact) mass is 221 g/mol. The highest BCUT2D eigenvalue weighted by Crippen LogP contribution is 2.27. The van der Waals surface area contributed by atoms with Gasteiger partial charge in [0.1, 0.15) is 0 Å². The van der Waals surface area contributed by atoms with E-state index in [1.165, 1.54) is 4.31 Å². The molecule has 1 aliphatic heterocycles. The smallest absolute Gasteiger partial charge is 0.207 e. The van der Waals surface area contributed by atoms with Crippen molar-refractivity contribution in [2.45, 2.75) is 17.9 Å². The lowest BCUT2D eigenvalue weighted by atomic mass is 10.2. The molecule has 1 unspecified atom stereocenters. The fourth-order valence-corrected chi connectivity index (χ4v) is 2.85. The van der Waals surface area contributed by atoms with Gasteiger partial charge in [-0.1, -0.05) is 23.6 Å². The lowest BCUT2D eigenvalue weighted by Gasteiger charge is -2.04. The first-order valence-corrected chi connectivity index (χ1v) is 6.04. The Labute approximate surface area is 89.8 Å². The van der Waals surface area contributed by atoms with Crippen molar-refractivity contribution in [1.82, 2.24) is 4.31 Å². The van der Waals surface area contributed by atoms with Crippen LogP contribution in [0.2, 0.25) is 0 Å². The van der Waals surface area contributed by atoms with Gasteiger partial charge in [-0.3, -0.25) is 0 Å². The van der Waals surface area contributed by atoms with Crippen molar-refractivity contribution >= 4 is 10.0 Å². The highest BCUT2D eigenvalue weighted by Gasteiger charge is 2.43. The Morgan fingerprint density at radius 1 is 1.40 bits per heavy atom. The van der Waals surface area contributed by atoms with Crippen LogP contribution in [0, 0.1) is 19.3 Å². The zero-order valence-electron chi connectivity index (χ0n) is 8.34. The van der Waals surface area contributed by atoms with Gasteiger partial charge in [0, 0.05) is 6.54 Å². The minimum absolute atomic E-state index is 0.253. The minimum atomic E-state index is -3.35. The van der Waals surface area contributed by atoms with Crippen molar-refractivity contribution in [2.75, 3.05) is 6.54 Å². The molecule has 1 aliphatic rings. The summed E-state index contributed by atoms with van der Waals surface area (Å²) in [7, 11) is -3.35. The van der Waals surface area contributed by atoms with E-state index >= 15 is 0 Å². The van der Waals surface area contributed by atoms with Gasteiger partial charge < -0.3 is 0 Å². The molecule has 1 aromatic carbocycles. The summed E-state index contributed by atoms with van der Waals surface area (Å²) in [5, 5.41) is 0. The molecular weight excluding hydrogens is 210 g/mol. The molecule has 3 nitrogen and oxygen atoms in total. The lowest BCUT2D eigenvalue weighted by Crippen LogP contribution is -2.13. The average Bonchev–Trinajstić information content (AvgIpc) is 2.98. The largest absolute Gasteiger partial charge is 0.244 e. The fraction of sp³-hybridized carbons (Fsp3) is 0.273. The molecule has 0 N–H and O–H groups in total. The van der Waals surface area contributed by atoms with E-state index in [0.29, 0.717) is 11.4 Å². The van der Waals surface area contributed by atoms with Crippen molar-refractivity contribution in [3.63, 3.8) is 0 Å². The van der Waals surface area contributed by atoms with Gasteiger partial charge in [-0.25, -0.2) is 8.42 Å². The van der Waals surface area contributed by atoms with Crippen LogP contribution in [0.15, 0.2) is 29.2 Å². The maximum absolute atomic E-state index is 11.9. The first kappa shape index (κ1) is 10.2. The third-order valence-electron chi connectivity index (χ3n) is 2.39. The quantitative estimate of drug-likeness (QED) is 0.552. The second-order valence-electron chi connectivity index (χ2n) is 3.57. The van der Waals surface area contributed by atoms with Crippen molar-refractivity contribution in [2.24, 2.45) is 0 Å². The molecular formula is C11H11NO2S. The van der Waals surface area contributed by atoms with E-state index < -0.39 is 10.0 Å². The van der Waals surface area contributed by atoms with Gasteiger partial charge >= 0.3 is 0 Å². The maximum atomic E-state index is 11.9. The third kappa shape index (κ3) is 1.76. The molecule has 1 fully saturated rings. The van der Waals surface area contributed by atoms with Crippen LogP contribution in [0.3, 0.4) is 0 Å². The normalized spacial score (nSPS) is 24.5. The molecule has 0 amide bonds. The molecule has 4 heteroatoms. The second-order valence-corrected chi connectivity index (χ2v) is 5.46. The highest BCUT2D eigenvalue weighted by molar-refractivity contribution is 7.89. The summed E-state index contributed by atoms with van der Waals surface area (Å²) >= 11 is 0. The van der Waals surface area contributed by atoms with Gasteiger partial charge in [-0.15, -0.1) is 6.42 Å². The summed E-state index contributed by atoms with van der Waals surface area (Å²) in [5.41, 5.74) is 1.04. The summed E-state index contributed by atoms with van der Waals surface area (Å²) in [5.74, 6) is 2.42. The molecule has 0 bridgehead atoms. The average molecular weight is 221 g/mol. The Hall–Kier alpha value is -1.31. The first-order valence-electron chi connectivity index (χ1n) is 4.60. The predicted octanol–water partition coefficient (Wildman–Crippen LogP) is 1.00. The number of terminal acetylenes is 1. The zero-order chi connectivity index (χ0) is 11.1.